The molecule has 3 heteroatoms. The first kappa shape index (κ1) is 23.1. The minimum Gasteiger partial charge on any atom is -0.398 e. The van der Waals surface area contributed by atoms with Crippen molar-refractivity contribution in [2.24, 2.45) is 0 Å². The van der Waals surface area contributed by atoms with Crippen LogP contribution in [-0.2, 0) is 6.42 Å². The number of nitrogen functional groups attached to an aromatic ring is 1. The summed E-state index contributed by atoms with van der Waals surface area (Å²) < 4.78 is 0. The number of hydrogen-bond donors (Lipinski definition) is 3. The van der Waals surface area contributed by atoms with Crippen LogP contribution in [0.4, 0.5) is 5.69 Å². The maximum Gasteiger partial charge on any atom is 0.0636 e. The van der Waals surface area contributed by atoms with Gasteiger partial charge in [-0.05, 0) is 61.2 Å². The maximum atomic E-state index is 8.30. The molecular formula is C27H33N3. The van der Waals surface area contributed by atoms with Crippen molar-refractivity contribution in [3.63, 3.8) is 0 Å². The van der Waals surface area contributed by atoms with Crippen molar-refractivity contribution in [2.45, 2.75) is 32.7 Å². The van der Waals surface area contributed by atoms with Gasteiger partial charge in [0.25, 0.3) is 0 Å². The highest BCUT2D eigenvalue weighted by Gasteiger charge is 2.12. The Balaban J connectivity index is 0.000000269. The fraction of sp³-hybridized carbons (Fsp3) is 0.222. The van der Waals surface area contributed by atoms with Gasteiger partial charge in [-0.2, -0.15) is 0 Å². The van der Waals surface area contributed by atoms with Crippen molar-refractivity contribution in [2.75, 3.05) is 12.8 Å². The smallest absolute Gasteiger partial charge is 0.0636 e. The van der Waals surface area contributed by atoms with Gasteiger partial charge >= 0.3 is 0 Å². The predicted molar refractivity (Wildman–Crippen MR) is 132 cm³/mol. The average Bonchev–Trinajstić information content (AvgIpc) is 3.31. The number of hydrogen-bond acceptors (Lipinski definition) is 3. The van der Waals surface area contributed by atoms with Crippen LogP contribution in [0.1, 0.15) is 48.6 Å². The molecule has 0 aliphatic heterocycles. The molecule has 3 rings (SSSR count). The first-order valence-corrected chi connectivity index (χ1v) is 10.4. The summed E-state index contributed by atoms with van der Waals surface area (Å²) in [7, 11) is 1.97. The molecule has 30 heavy (non-hydrogen) atoms. The molecule has 1 unspecified atom stereocenters. The minimum absolute atomic E-state index is 0.448. The van der Waals surface area contributed by atoms with Gasteiger partial charge in [-0.15, -0.1) is 0 Å². The monoisotopic (exact) mass is 399 g/mol. The van der Waals surface area contributed by atoms with Gasteiger partial charge in [-0.3, -0.25) is 0 Å². The van der Waals surface area contributed by atoms with Crippen LogP contribution in [0, 0.1) is 5.41 Å². The number of nitrogens with one attached hydrogen (secondary N) is 2. The van der Waals surface area contributed by atoms with E-state index < -0.39 is 0 Å². The highest BCUT2D eigenvalue weighted by molar-refractivity contribution is 6.11. The largest absolute Gasteiger partial charge is 0.398 e. The Kier molecular flexibility index (Phi) is 9.04. The Hall–Kier alpha value is -3.17. The van der Waals surface area contributed by atoms with Gasteiger partial charge in [0.05, 0.1) is 5.71 Å². The van der Waals surface area contributed by atoms with E-state index in [-0.39, 0.29) is 0 Å². The molecule has 2 aromatic rings. The molecule has 3 nitrogen and oxygen atoms in total. The summed E-state index contributed by atoms with van der Waals surface area (Å²) in [4.78, 5) is 0. The van der Waals surface area contributed by atoms with Gasteiger partial charge < -0.3 is 16.5 Å². The molecular weight excluding hydrogens is 366 g/mol. The van der Waals surface area contributed by atoms with Crippen LogP contribution in [0.5, 0.6) is 0 Å². The number of nitrogens with two attached hydrogens (primary N) is 1. The van der Waals surface area contributed by atoms with Crippen LogP contribution in [0.2, 0.25) is 0 Å². The summed E-state index contributed by atoms with van der Waals surface area (Å²) in [6.45, 7) is 8.05. The van der Waals surface area contributed by atoms with Crippen molar-refractivity contribution in [3.8, 4) is 0 Å². The molecule has 0 heterocycles. The average molecular weight is 400 g/mol. The second kappa shape index (κ2) is 11.7. The van der Waals surface area contributed by atoms with Crippen molar-refractivity contribution in [3.05, 3.63) is 107 Å². The van der Waals surface area contributed by atoms with E-state index in [9.17, 15) is 0 Å². The Morgan fingerprint density at radius 1 is 1.23 bits per heavy atom. The third kappa shape index (κ3) is 6.16. The topological polar surface area (TPSA) is 61.9 Å². The number of rotatable bonds is 7. The lowest BCUT2D eigenvalue weighted by atomic mass is 9.93. The summed E-state index contributed by atoms with van der Waals surface area (Å²) in [5.41, 5.74) is 12.6. The molecule has 156 valence electrons. The Morgan fingerprint density at radius 2 is 1.97 bits per heavy atom. The normalized spacial score (nSPS) is 13.5. The van der Waals surface area contributed by atoms with Gasteiger partial charge in [0.2, 0.25) is 0 Å². The third-order valence-corrected chi connectivity index (χ3v) is 5.20. The van der Waals surface area contributed by atoms with Crippen molar-refractivity contribution in [1.29, 1.82) is 5.41 Å². The van der Waals surface area contributed by atoms with E-state index in [0.717, 1.165) is 35.1 Å². The molecule has 0 saturated carbocycles. The lowest BCUT2D eigenvalue weighted by Crippen LogP contribution is -2.11. The Labute approximate surface area is 181 Å². The molecule has 1 aliphatic carbocycles. The van der Waals surface area contributed by atoms with Crippen molar-refractivity contribution < 1.29 is 0 Å². The van der Waals surface area contributed by atoms with Crippen LogP contribution in [0.3, 0.4) is 0 Å². The number of benzene rings is 2. The quantitative estimate of drug-likeness (QED) is 0.380. The van der Waals surface area contributed by atoms with E-state index in [2.05, 4.69) is 68.2 Å². The first-order chi connectivity index (χ1) is 14.5. The molecule has 0 spiro atoms. The highest BCUT2D eigenvalue weighted by atomic mass is 14.8. The van der Waals surface area contributed by atoms with Crippen LogP contribution in [0.25, 0.3) is 6.08 Å². The summed E-state index contributed by atoms with van der Waals surface area (Å²) in [5, 5.41) is 11.5. The zero-order valence-electron chi connectivity index (χ0n) is 18.3. The van der Waals surface area contributed by atoms with E-state index in [1.807, 2.05) is 43.5 Å². The van der Waals surface area contributed by atoms with Gasteiger partial charge in [0.1, 0.15) is 0 Å². The van der Waals surface area contributed by atoms with Crippen molar-refractivity contribution >= 4 is 17.5 Å². The molecule has 0 amide bonds. The molecule has 2 aromatic carbocycles. The lowest BCUT2D eigenvalue weighted by Gasteiger charge is -2.13. The highest BCUT2D eigenvalue weighted by Crippen LogP contribution is 2.24. The zero-order chi connectivity index (χ0) is 21.9. The maximum absolute atomic E-state index is 8.30. The van der Waals surface area contributed by atoms with E-state index in [0.29, 0.717) is 17.4 Å². The van der Waals surface area contributed by atoms with Gasteiger partial charge in [0.15, 0.2) is 0 Å². The molecule has 0 bridgehead atoms. The van der Waals surface area contributed by atoms with Crippen LogP contribution in [0.15, 0.2) is 85.0 Å². The zero-order valence-corrected chi connectivity index (χ0v) is 18.3. The predicted octanol–water partition coefficient (Wildman–Crippen LogP) is 6.25. The Morgan fingerprint density at radius 3 is 2.53 bits per heavy atom. The second-order valence-electron chi connectivity index (χ2n) is 7.17. The van der Waals surface area contributed by atoms with Gasteiger partial charge in [-0.25, -0.2) is 0 Å². The summed E-state index contributed by atoms with van der Waals surface area (Å²) in [6.07, 6.45) is 13.7. The third-order valence-electron chi connectivity index (χ3n) is 5.20. The minimum atomic E-state index is 0.448. The van der Waals surface area contributed by atoms with E-state index in [4.69, 9.17) is 11.1 Å². The molecule has 1 atom stereocenters. The number of allylic oxidation sites excluding steroid dienone is 6. The summed E-state index contributed by atoms with van der Waals surface area (Å²) >= 11 is 0. The van der Waals surface area contributed by atoms with Gasteiger partial charge in [-0.1, -0.05) is 80.3 Å². The summed E-state index contributed by atoms with van der Waals surface area (Å²) in [6, 6.07) is 14.7. The fourth-order valence-electron chi connectivity index (χ4n) is 3.34. The molecule has 0 fully saturated rings. The first-order valence-electron chi connectivity index (χ1n) is 10.4. The van der Waals surface area contributed by atoms with E-state index >= 15 is 0 Å². The SMILES string of the molecule is C=Cc1ccc(N)c(C(=N)/C=C/C2=CCC=C2)c1CC.CNC(C)c1ccccc1. The fourth-order valence-corrected chi connectivity index (χ4v) is 3.34. The molecule has 0 saturated heterocycles. The van der Waals surface area contributed by atoms with Crippen LogP contribution >= 0.6 is 0 Å². The number of anilines is 1. The molecule has 4 N–H and O–H groups in total. The lowest BCUT2D eigenvalue weighted by molar-refractivity contribution is 0.652. The molecule has 0 radical (unpaired) electrons. The van der Waals surface area contributed by atoms with E-state index in [1.54, 1.807) is 0 Å². The van der Waals surface area contributed by atoms with Gasteiger partial charge in [0, 0.05) is 17.3 Å². The van der Waals surface area contributed by atoms with E-state index in [1.165, 1.54) is 5.56 Å². The molecule has 0 aromatic heterocycles. The summed E-state index contributed by atoms with van der Waals surface area (Å²) in [5.74, 6) is 0. The van der Waals surface area contributed by atoms with Crippen molar-refractivity contribution in [1.82, 2.24) is 5.32 Å². The standard InChI is InChI=1S/C18H20N2.C9H13N/c1-3-14-10-12-17(20)18(15(14)4-2)16(19)11-9-13-7-5-6-8-13;1-8(10-2)9-6-4-3-5-7-9/h3,5,7-12,19H,1,4,6,20H2,2H3;3-8,10H,1-2H3/b11-9+,19-16?;. The van der Waals surface area contributed by atoms with Crippen LogP contribution < -0.4 is 11.1 Å². The molecule has 1 aliphatic rings. The second-order valence-corrected chi connectivity index (χ2v) is 7.17. The Bertz CT molecular complexity index is 950. The van der Waals surface area contributed by atoms with Crippen LogP contribution in [-0.4, -0.2) is 12.8 Å².